The maximum Gasteiger partial charge on any atom is 0.189 e. The fourth-order valence-electron chi connectivity index (χ4n) is 1.16. The quantitative estimate of drug-likeness (QED) is 0.693. The van der Waals surface area contributed by atoms with Crippen LogP contribution in [-0.4, -0.2) is 10.2 Å². The summed E-state index contributed by atoms with van der Waals surface area (Å²) in [6.07, 6.45) is 0. The van der Waals surface area contributed by atoms with Gasteiger partial charge in [-0.1, -0.05) is 5.56 Å². The number of hydrogen-bond acceptors (Lipinski definition) is 2. The highest BCUT2D eigenvalue weighted by atomic mass is 16.3. The lowest BCUT2D eigenvalue weighted by molar-refractivity contribution is 0.250. The number of hydrogen-bond donors (Lipinski definition) is 2. The van der Waals surface area contributed by atoms with Crippen molar-refractivity contribution in [3.63, 3.8) is 0 Å². The summed E-state index contributed by atoms with van der Waals surface area (Å²) < 4.78 is 0. The van der Waals surface area contributed by atoms with E-state index in [9.17, 15) is 5.11 Å². The highest BCUT2D eigenvalue weighted by molar-refractivity contribution is 5.42. The van der Waals surface area contributed by atoms with Gasteiger partial charge < -0.3 is 10.2 Å². The van der Waals surface area contributed by atoms with E-state index in [1.807, 2.05) is 6.92 Å². The van der Waals surface area contributed by atoms with Gasteiger partial charge in [-0.05, 0) is 19.1 Å². The van der Waals surface area contributed by atoms with Crippen LogP contribution in [0.2, 0.25) is 0 Å². The summed E-state index contributed by atoms with van der Waals surface area (Å²) in [7, 11) is 0. The molecule has 0 fully saturated rings. The van der Waals surface area contributed by atoms with Crippen LogP contribution in [0.15, 0.2) is 12.1 Å². The van der Waals surface area contributed by atoms with Gasteiger partial charge in [0, 0.05) is 11.1 Å². The Morgan fingerprint density at radius 3 is 1.92 bits per heavy atom. The topological polar surface area (TPSA) is 60.4 Å². The molecule has 3 nitrogen and oxygen atoms in total. The molecule has 0 amide bonds. The molecule has 0 spiro atoms. The molecule has 0 aliphatic heterocycles. The average molecular weight is 167 g/mol. The minimum Gasteiger partial charge on any atom is -0.392 e. The normalized spacial score (nSPS) is 10.2. The van der Waals surface area contributed by atoms with E-state index in [-0.39, 0.29) is 19.0 Å². The molecule has 65 valence electrons. The summed E-state index contributed by atoms with van der Waals surface area (Å²) in [5.74, 6) is -0.259. The molecule has 2 N–H and O–H groups in total. The van der Waals surface area contributed by atoms with Crippen molar-refractivity contribution in [1.82, 2.24) is 0 Å². The zero-order valence-corrected chi connectivity index (χ0v) is 6.87. The Bertz CT molecular complexity index is 256. The van der Waals surface area contributed by atoms with Gasteiger partial charge in [0.25, 0.3) is 0 Å². The van der Waals surface area contributed by atoms with Gasteiger partial charge in [0.2, 0.25) is 0 Å². The Kier molecular flexibility index (Phi) is 2.68. The molecule has 1 aromatic rings. The minimum atomic E-state index is -0.270. The van der Waals surface area contributed by atoms with Gasteiger partial charge in [0.1, 0.15) is 0 Å². The van der Waals surface area contributed by atoms with Gasteiger partial charge >= 0.3 is 0 Å². The van der Waals surface area contributed by atoms with E-state index < -0.39 is 0 Å². The van der Waals surface area contributed by atoms with Crippen molar-refractivity contribution in [2.45, 2.75) is 20.1 Å². The molecule has 12 heavy (non-hydrogen) atoms. The monoisotopic (exact) mass is 167 g/mol. The van der Waals surface area contributed by atoms with Crippen molar-refractivity contribution in [3.05, 3.63) is 28.8 Å². The summed E-state index contributed by atoms with van der Waals surface area (Å²) in [6.45, 7) is 1.28. The maximum absolute atomic E-state index is 11.3. The third kappa shape index (κ3) is 1.57. The molecule has 1 radical (unpaired) electrons. The number of aliphatic hydroxyl groups excluding tert-OH is 2. The first-order chi connectivity index (χ1) is 5.69. The number of benzene rings is 1. The summed E-state index contributed by atoms with van der Waals surface area (Å²) in [4.78, 5) is 0. The van der Waals surface area contributed by atoms with Gasteiger partial charge in [0.15, 0.2) is 5.75 Å². The average Bonchev–Trinajstić information content (AvgIpc) is 2.08. The molecule has 1 aromatic carbocycles. The molecule has 0 saturated heterocycles. The summed E-state index contributed by atoms with van der Waals surface area (Å²) in [6, 6.07) is 3.25. The number of aliphatic hydroxyl groups is 2. The fraction of sp³-hybridized carbons (Fsp3) is 0.333. The van der Waals surface area contributed by atoms with Crippen LogP contribution < -0.4 is 0 Å². The van der Waals surface area contributed by atoms with Crippen LogP contribution in [0.4, 0.5) is 0 Å². The molecule has 0 atom stereocenters. The van der Waals surface area contributed by atoms with Crippen LogP contribution in [0.1, 0.15) is 16.7 Å². The standard InChI is InChI=1S/C9H11O3/c1-6-2-7(4-10)9(12)8(3-6)5-11/h2-3,10-11H,4-5H2,1H3. The van der Waals surface area contributed by atoms with E-state index in [2.05, 4.69) is 0 Å². The van der Waals surface area contributed by atoms with Crippen LogP contribution in [0, 0.1) is 6.92 Å². The molecule has 0 aliphatic rings. The van der Waals surface area contributed by atoms with Crippen molar-refractivity contribution in [3.8, 4) is 5.75 Å². The van der Waals surface area contributed by atoms with E-state index in [0.29, 0.717) is 11.1 Å². The highest BCUT2D eigenvalue weighted by Crippen LogP contribution is 2.25. The lowest BCUT2D eigenvalue weighted by atomic mass is 10.1. The molecular weight excluding hydrogens is 156 g/mol. The van der Waals surface area contributed by atoms with E-state index in [4.69, 9.17) is 10.2 Å². The second-order valence-electron chi connectivity index (χ2n) is 2.73. The Labute approximate surface area is 70.9 Å². The first-order valence-corrected chi connectivity index (χ1v) is 3.70. The molecule has 0 unspecified atom stereocenters. The van der Waals surface area contributed by atoms with Crippen LogP contribution in [-0.2, 0) is 18.3 Å². The fourth-order valence-corrected chi connectivity index (χ4v) is 1.16. The Morgan fingerprint density at radius 1 is 1.17 bits per heavy atom. The lowest BCUT2D eigenvalue weighted by Gasteiger charge is -2.04. The SMILES string of the molecule is Cc1cc(CO)c([O])c(CO)c1. The second-order valence-corrected chi connectivity index (χ2v) is 2.73. The summed E-state index contributed by atoms with van der Waals surface area (Å²) in [5.41, 5.74) is 1.57. The zero-order chi connectivity index (χ0) is 9.14. The Balaban J connectivity index is 3.22. The molecule has 0 aromatic heterocycles. The first-order valence-electron chi connectivity index (χ1n) is 3.70. The van der Waals surface area contributed by atoms with Crippen LogP contribution in [0.5, 0.6) is 5.75 Å². The smallest absolute Gasteiger partial charge is 0.189 e. The van der Waals surface area contributed by atoms with E-state index >= 15 is 0 Å². The Morgan fingerprint density at radius 2 is 1.58 bits per heavy atom. The van der Waals surface area contributed by atoms with Crippen molar-refractivity contribution < 1.29 is 15.3 Å². The van der Waals surface area contributed by atoms with Crippen molar-refractivity contribution in [1.29, 1.82) is 0 Å². The molecule has 0 aliphatic carbocycles. The lowest BCUT2D eigenvalue weighted by Crippen LogP contribution is -1.91. The summed E-state index contributed by atoms with van der Waals surface area (Å²) in [5, 5.41) is 28.8. The van der Waals surface area contributed by atoms with E-state index in [1.54, 1.807) is 12.1 Å². The second kappa shape index (κ2) is 3.56. The molecule has 0 heterocycles. The Hall–Kier alpha value is -1.06. The predicted molar refractivity (Wildman–Crippen MR) is 43.2 cm³/mol. The van der Waals surface area contributed by atoms with Gasteiger partial charge in [-0.3, -0.25) is 5.11 Å². The maximum atomic E-state index is 11.3. The van der Waals surface area contributed by atoms with Gasteiger partial charge in [-0.2, -0.15) is 0 Å². The number of aryl methyl sites for hydroxylation is 1. The molecule has 1 rings (SSSR count). The molecule has 3 heteroatoms. The van der Waals surface area contributed by atoms with Gasteiger partial charge in [-0.15, -0.1) is 0 Å². The molecular formula is C9H11O3. The van der Waals surface area contributed by atoms with E-state index in [0.717, 1.165) is 5.56 Å². The largest absolute Gasteiger partial charge is 0.392 e. The van der Waals surface area contributed by atoms with E-state index in [1.165, 1.54) is 0 Å². The van der Waals surface area contributed by atoms with Gasteiger partial charge in [-0.25, -0.2) is 0 Å². The summed E-state index contributed by atoms with van der Waals surface area (Å²) >= 11 is 0. The number of rotatable bonds is 2. The predicted octanol–water partition coefficient (Wildman–Crippen LogP) is 1.12. The van der Waals surface area contributed by atoms with Crippen molar-refractivity contribution >= 4 is 0 Å². The highest BCUT2D eigenvalue weighted by Gasteiger charge is 2.08. The molecule has 0 bridgehead atoms. The molecule has 0 saturated carbocycles. The van der Waals surface area contributed by atoms with Crippen LogP contribution >= 0.6 is 0 Å². The third-order valence-electron chi connectivity index (χ3n) is 1.73. The van der Waals surface area contributed by atoms with Gasteiger partial charge in [0.05, 0.1) is 13.2 Å². The van der Waals surface area contributed by atoms with Crippen LogP contribution in [0.3, 0.4) is 0 Å². The van der Waals surface area contributed by atoms with Crippen molar-refractivity contribution in [2.24, 2.45) is 0 Å². The zero-order valence-electron chi connectivity index (χ0n) is 6.87. The first kappa shape index (κ1) is 9.03. The minimum absolute atomic E-state index is 0.259. The third-order valence-corrected chi connectivity index (χ3v) is 1.73. The van der Waals surface area contributed by atoms with Crippen LogP contribution in [0.25, 0.3) is 0 Å². The van der Waals surface area contributed by atoms with Crippen molar-refractivity contribution in [2.75, 3.05) is 0 Å².